The number of benzene rings is 2. The van der Waals surface area contributed by atoms with Gasteiger partial charge in [0.1, 0.15) is 11.6 Å². The van der Waals surface area contributed by atoms with Crippen LogP contribution >= 0.6 is 11.3 Å². The molecule has 2 N–H and O–H groups in total. The Morgan fingerprint density at radius 3 is 2.54 bits per heavy atom. The predicted molar refractivity (Wildman–Crippen MR) is 109 cm³/mol. The number of rotatable bonds is 5. The number of hydrogen-bond acceptors (Lipinski definition) is 4. The molecule has 0 aliphatic carbocycles. The summed E-state index contributed by atoms with van der Waals surface area (Å²) in [6, 6.07) is 17.1. The van der Waals surface area contributed by atoms with E-state index in [0.29, 0.717) is 0 Å². The second-order valence-corrected chi connectivity index (χ2v) is 8.46. The summed E-state index contributed by atoms with van der Waals surface area (Å²) >= 11 is 1.65. The van der Waals surface area contributed by atoms with Gasteiger partial charge in [0, 0.05) is 0 Å². The van der Waals surface area contributed by atoms with Crippen LogP contribution in [-0.2, 0) is 10.3 Å². The van der Waals surface area contributed by atoms with Crippen LogP contribution in [0.1, 0.15) is 30.5 Å². The number of thiazole rings is 1. The van der Waals surface area contributed by atoms with Gasteiger partial charge in [-0.25, -0.2) is 14.7 Å². The van der Waals surface area contributed by atoms with E-state index in [1.54, 1.807) is 18.3 Å². The predicted octanol–water partition coefficient (Wildman–Crippen LogP) is 2.30. The minimum absolute atomic E-state index is 0.0570. The number of para-hydroxylation sites is 1. The Kier molecular flexibility index (Phi) is 4.64. The molecule has 7 heteroatoms. The zero-order valence-corrected chi connectivity index (χ0v) is 16.9. The molecule has 1 saturated heterocycles. The van der Waals surface area contributed by atoms with Crippen molar-refractivity contribution in [2.24, 2.45) is 0 Å². The molecule has 1 aliphatic heterocycles. The summed E-state index contributed by atoms with van der Waals surface area (Å²) in [6.45, 7) is 4.11. The molecule has 1 unspecified atom stereocenters. The first-order chi connectivity index (χ1) is 13.4. The second kappa shape index (κ2) is 7.00. The van der Waals surface area contributed by atoms with Gasteiger partial charge < -0.3 is 10.2 Å². The average molecular weight is 396 g/mol. The van der Waals surface area contributed by atoms with E-state index >= 15 is 0 Å². The van der Waals surface area contributed by atoms with Crippen molar-refractivity contribution in [3.05, 3.63) is 65.2 Å². The van der Waals surface area contributed by atoms with Crippen LogP contribution in [0.2, 0.25) is 0 Å². The summed E-state index contributed by atoms with van der Waals surface area (Å²) in [5.74, 6) is -0.223. The number of nitrogens with one attached hydrogen (secondary N) is 2. The molecule has 2 aromatic carbocycles. The van der Waals surface area contributed by atoms with Crippen molar-refractivity contribution in [2.45, 2.75) is 25.4 Å². The molecule has 6 nitrogen and oxygen atoms in total. The summed E-state index contributed by atoms with van der Waals surface area (Å²) in [5.41, 5.74) is 0.735. The Balaban J connectivity index is 1.53. The lowest BCUT2D eigenvalue weighted by atomic mass is 9.92. The highest BCUT2D eigenvalue weighted by Crippen LogP contribution is 2.28. The monoisotopic (exact) mass is 395 g/mol. The zero-order valence-electron chi connectivity index (χ0n) is 16.1. The van der Waals surface area contributed by atoms with E-state index in [-0.39, 0.29) is 24.6 Å². The van der Waals surface area contributed by atoms with Crippen molar-refractivity contribution in [3.8, 4) is 0 Å². The minimum Gasteiger partial charge on any atom is -0.319 e. The van der Waals surface area contributed by atoms with Gasteiger partial charge in [-0.2, -0.15) is 0 Å². The number of hydrogen-bond donors (Lipinski definition) is 2. The van der Waals surface area contributed by atoms with Crippen LogP contribution in [0.5, 0.6) is 0 Å². The van der Waals surface area contributed by atoms with E-state index < -0.39 is 5.54 Å². The Bertz CT molecular complexity index is 1000. The van der Waals surface area contributed by atoms with E-state index in [2.05, 4.69) is 18.3 Å². The Morgan fingerprint density at radius 1 is 1.14 bits per heavy atom. The fourth-order valence-corrected chi connectivity index (χ4v) is 4.59. The van der Waals surface area contributed by atoms with Crippen LogP contribution in [0.3, 0.4) is 0 Å². The molecule has 144 valence electrons. The van der Waals surface area contributed by atoms with Crippen LogP contribution in [-0.4, -0.2) is 35.5 Å². The van der Waals surface area contributed by atoms with E-state index in [9.17, 15) is 9.59 Å². The zero-order chi connectivity index (χ0) is 19.9. The highest BCUT2D eigenvalue weighted by atomic mass is 32.1. The lowest BCUT2D eigenvalue weighted by Gasteiger charge is -2.25. The molecule has 28 heavy (non-hydrogen) atoms. The Hall–Kier alpha value is -2.77. The summed E-state index contributed by atoms with van der Waals surface area (Å²) in [4.78, 5) is 32.7. The van der Waals surface area contributed by atoms with Gasteiger partial charge in [-0.3, -0.25) is 4.79 Å². The first-order valence-corrected chi connectivity index (χ1v) is 10.1. The number of imide groups is 1. The van der Waals surface area contributed by atoms with Gasteiger partial charge in [0.25, 0.3) is 5.91 Å². The maximum Gasteiger partial charge on any atom is 0.329 e. The maximum atomic E-state index is 13.1. The van der Waals surface area contributed by atoms with Crippen LogP contribution in [0, 0.1) is 0 Å². The number of quaternary nitrogens is 1. The molecule has 3 aromatic rings. The molecule has 1 fully saturated rings. The van der Waals surface area contributed by atoms with Crippen LogP contribution in [0.15, 0.2) is 54.6 Å². The van der Waals surface area contributed by atoms with Gasteiger partial charge in [0.2, 0.25) is 0 Å². The van der Waals surface area contributed by atoms with E-state index in [1.165, 1.54) is 4.90 Å². The Labute approximate surface area is 167 Å². The van der Waals surface area contributed by atoms with Crippen molar-refractivity contribution in [1.29, 1.82) is 0 Å². The van der Waals surface area contributed by atoms with Gasteiger partial charge in [-0.05, 0) is 31.5 Å². The number of fused-ring (bicyclic) bond motifs is 1. The van der Waals surface area contributed by atoms with Crippen LogP contribution < -0.4 is 10.2 Å². The molecular weight excluding hydrogens is 372 g/mol. The van der Waals surface area contributed by atoms with Gasteiger partial charge in [0.15, 0.2) is 11.7 Å². The number of carbonyl (C=O) groups excluding carboxylic acids is 2. The topological polar surface area (TPSA) is 66.7 Å². The molecule has 3 amide bonds. The van der Waals surface area contributed by atoms with E-state index in [4.69, 9.17) is 4.98 Å². The fourth-order valence-electron chi connectivity index (χ4n) is 3.48. The summed E-state index contributed by atoms with van der Waals surface area (Å²) in [5, 5.41) is 3.86. The number of urea groups is 1. The van der Waals surface area contributed by atoms with Crippen molar-refractivity contribution in [1.82, 2.24) is 15.2 Å². The molecular formula is C21H23N4O2S+. The van der Waals surface area contributed by atoms with Crippen molar-refractivity contribution in [2.75, 3.05) is 13.7 Å². The normalized spacial score (nSPS) is 21.8. The minimum atomic E-state index is -1.03. The quantitative estimate of drug-likeness (QED) is 0.652. The average Bonchev–Trinajstić information content (AvgIpc) is 3.23. The molecule has 0 saturated carbocycles. The molecule has 4 rings (SSSR count). The number of amides is 3. The molecule has 0 radical (unpaired) electrons. The standard InChI is InChI=1S/C21H22N4O2S/c1-14(18-22-16-11-7-8-12-17(16)28-18)24(3)13-25-19(26)21(2,23-20(25)27)15-9-5-4-6-10-15/h4-12,14H,13H2,1-3H3,(H,23,27)/p+1/t14-,21+/m0/s1. The molecule has 2 heterocycles. The number of aromatic nitrogens is 1. The highest BCUT2D eigenvalue weighted by molar-refractivity contribution is 7.18. The second-order valence-electron chi connectivity index (χ2n) is 7.40. The summed E-state index contributed by atoms with van der Waals surface area (Å²) < 4.78 is 1.14. The lowest BCUT2D eigenvalue weighted by Crippen LogP contribution is -3.10. The van der Waals surface area contributed by atoms with Gasteiger partial charge in [-0.1, -0.05) is 42.5 Å². The van der Waals surface area contributed by atoms with Crippen LogP contribution in [0.25, 0.3) is 10.2 Å². The number of nitrogens with zero attached hydrogens (tertiary/aromatic N) is 2. The third-order valence-electron chi connectivity index (χ3n) is 5.45. The highest BCUT2D eigenvalue weighted by Gasteiger charge is 2.50. The molecule has 1 aliphatic rings. The number of carbonyl (C=O) groups is 2. The third-order valence-corrected chi connectivity index (χ3v) is 6.67. The molecule has 1 aromatic heterocycles. The van der Waals surface area contributed by atoms with Crippen molar-refractivity contribution < 1.29 is 14.5 Å². The molecule has 0 bridgehead atoms. The third kappa shape index (κ3) is 3.06. The Morgan fingerprint density at radius 2 is 1.82 bits per heavy atom. The van der Waals surface area contributed by atoms with Crippen molar-refractivity contribution in [3.63, 3.8) is 0 Å². The summed E-state index contributed by atoms with van der Waals surface area (Å²) in [6.07, 6.45) is 0. The largest absolute Gasteiger partial charge is 0.329 e. The van der Waals surface area contributed by atoms with E-state index in [1.807, 2.05) is 55.6 Å². The van der Waals surface area contributed by atoms with E-state index in [0.717, 1.165) is 25.7 Å². The maximum absolute atomic E-state index is 13.1. The molecule has 0 spiro atoms. The van der Waals surface area contributed by atoms with Gasteiger partial charge >= 0.3 is 6.03 Å². The first-order valence-electron chi connectivity index (χ1n) is 9.27. The van der Waals surface area contributed by atoms with Gasteiger partial charge in [-0.15, -0.1) is 11.3 Å². The first kappa shape index (κ1) is 18.6. The van der Waals surface area contributed by atoms with Gasteiger partial charge in [0.05, 0.1) is 17.3 Å². The SMILES string of the molecule is C[C@@H](c1nc2ccccc2s1)[NH+](C)CN1C(=O)N[C@](C)(c2ccccc2)C1=O. The lowest BCUT2D eigenvalue weighted by molar-refractivity contribution is -0.917. The molecule has 3 atom stereocenters. The van der Waals surface area contributed by atoms with Crippen molar-refractivity contribution >= 4 is 33.5 Å². The summed E-state index contributed by atoms with van der Waals surface area (Å²) in [7, 11) is 1.98. The smallest absolute Gasteiger partial charge is 0.319 e. The fraction of sp³-hybridized carbons (Fsp3) is 0.286. The van der Waals surface area contributed by atoms with Crippen LogP contribution in [0.4, 0.5) is 4.79 Å².